The molecule has 1 unspecified atom stereocenters. The number of aryl methyl sites for hydroxylation is 1. The smallest absolute Gasteiger partial charge is 0.253 e. The Morgan fingerprint density at radius 1 is 1.03 bits per heavy atom. The first-order valence-electron chi connectivity index (χ1n) is 11.3. The average Bonchev–Trinajstić information content (AvgIpc) is 3.53. The Balaban J connectivity index is 1.29. The van der Waals surface area contributed by atoms with E-state index in [-0.39, 0.29) is 18.2 Å². The van der Waals surface area contributed by atoms with Gasteiger partial charge in [0.2, 0.25) is 11.9 Å². The molecule has 1 atom stereocenters. The van der Waals surface area contributed by atoms with E-state index in [4.69, 9.17) is 4.98 Å². The monoisotopic (exact) mass is 442 g/mol. The molecule has 2 aromatic carbocycles. The fourth-order valence-electron chi connectivity index (χ4n) is 4.38. The summed E-state index contributed by atoms with van der Waals surface area (Å²) in [4.78, 5) is 36.6. The van der Waals surface area contributed by atoms with E-state index in [1.54, 1.807) is 17.4 Å². The third-order valence-electron chi connectivity index (χ3n) is 6.00. The highest BCUT2D eigenvalue weighted by molar-refractivity contribution is 6.03. The van der Waals surface area contributed by atoms with Crippen LogP contribution in [0.4, 0.5) is 5.95 Å². The molecule has 3 heterocycles. The van der Waals surface area contributed by atoms with Gasteiger partial charge in [-0.15, -0.1) is 0 Å². The van der Waals surface area contributed by atoms with Crippen molar-refractivity contribution in [3.05, 3.63) is 78.9 Å². The van der Waals surface area contributed by atoms with Crippen LogP contribution in [-0.4, -0.2) is 44.0 Å². The molecule has 33 heavy (non-hydrogen) atoms. The van der Waals surface area contributed by atoms with Crippen LogP contribution in [0.25, 0.3) is 11.0 Å². The summed E-state index contributed by atoms with van der Waals surface area (Å²) in [7, 11) is 0. The number of carbonyl (C=O) groups excluding carboxylic acids is 2. The van der Waals surface area contributed by atoms with Crippen LogP contribution in [0.1, 0.15) is 24.4 Å². The zero-order chi connectivity index (χ0) is 22.6. The topological polar surface area (TPSA) is 85.1 Å². The highest BCUT2D eigenvalue weighted by Gasteiger charge is 2.40. The van der Waals surface area contributed by atoms with Gasteiger partial charge in [-0.05, 0) is 30.5 Å². The Morgan fingerprint density at radius 3 is 2.67 bits per heavy atom. The van der Waals surface area contributed by atoms with Crippen LogP contribution in [-0.2, 0) is 22.6 Å². The molecule has 0 spiro atoms. The predicted octanol–water partition coefficient (Wildman–Crippen LogP) is 2.96. The summed E-state index contributed by atoms with van der Waals surface area (Å²) in [5, 5.41) is 2.97. The molecule has 2 aromatic heterocycles. The van der Waals surface area contributed by atoms with Gasteiger partial charge in [0, 0.05) is 32.0 Å². The molecule has 4 aromatic rings. The number of nitrogens with zero attached hydrogens (tertiary/aromatic N) is 5. The summed E-state index contributed by atoms with van der Waals surface area (Å²) in [5.74, 6) is 0.411. The van der Waals surface area contributed by atoms with E-state index in [2.05, 4.69) is 10.3 Å². The number of nitrogens with one attached hydrogen (secondary N) is 1. The SMILES string of the molecule is O=C(CC1C(=O)N(CCCn2ccnc2)c2nc3ccccc3n21)NCCc1ccccc1. The first-order chi connectivity index (χ1) is 16.2. The predicted molar refractivity (Wildman–Crippen MR) is 126 cm³/mol. The van der Waals surface area contributed by atoms with E-state index < -0.39 is 6.04 Å². The van der Waals surface area contributed by atoms with Crippen molar-refractivity contribution in [2.45, 2.75) is 31.8 Å². The quantitative estimate of drug-likeness (QED) is 0.432. The number of hydrogen-bond acceptors (Lipinski definition) is 4. The lowest BCUT2D eigenvalue weighted by molar-refractivity contribution is -0.127. The standard InChI is InChI=1S/C25H26N6O2/c32-23(27-12-11-19-7-2-1-3-8-19)17-22-24(33)30(15-6-14-29-16-13-26-18-29)25-28-20-9-4-5-10-21(20)31(22)25/h1-5,7-10,13,16,18,22H,6,11-12,14-15,17H2,(H,27,32). The number of carbonyl (C=O) groups is 2. The van der Waals surface area contributed by atoms with Crippen LogP contribution in [0.3, 0.4) is 0 Å². The van der Waals surface area contributed by atoms with Crippen molar-refractivity contribution in [1.29, 1.82) is 0 Å². The van der Waals surface area contributed by atoms with Gasteiger partial charge < -0.3 is 9.88 Å². The lowest BCUT2D eigenvalue weighted by Crippen LogP contribution is -2.34. The van der Waals surface area contributed by atoms with Gasteiger partial charge in [0.25, 0.3) is 5.91 Å². The zero-order valence-electron chi connectivity index (χ0n) is 18.3. The van der Waals surface area contributed by atoms with Crippen LogP contribution in [0.2, 0.25) is 0 Å². The molecule has 0 bridgehead atoms. The summed E-state index contributed by atoms with van der Waals surface area (Å²) in [5.41, 5.74) is 2.87. The van der Waals surface area contributed by atoms with Gasteiger partial charge in [-0.25, -0.2) is 9.97 Å². The number of para-hydroxylation sites is 2. The molecule has 8 heteroatoms. The van der Waals surface area contributed by atoms with Crippen LogP contribution in [0.5, 0.6) is 0 Å². The van der Waals surface area contributed by atoms with Crippen molar-refractivity contribution in [2.24, 2.45) is 0 Å². The van der Waals surface area contributed by atoms with Crippen molar-refractivity contribution in [3.63, 3.8) is 0 Å². The number of anilines is 1. The summed E-state index contributed by atoms with van der Waals surface area (Å²) < 4.78 is 3.91. The van der Waals surface area contributed by atoms with Gasteiger partial charge in [-0.2, -0.15) is 0 Å². The summed E-state index contributed by atoms with van der Waals surface area (Å²) in [6.07, 6.45) is 7.03. The molecule has 0 radical (unpaired) electrons. The maximum absolute atomic E-state index is 13.4. The largest absolute Gasteiger partial charge is 0.356 e. The van der Waals surface area contributed by atoms with Gasteiger partial charge >= 0.3 is 0 Å². The van der Waals surface area contributed by atoms with E-state index in [1.165, 1.54) is 5.56 Å². The highest BCUT2D eigenvalue weighted by atomic mass is 16.2. The summed E-state index contributed by atoms with van der Waals surface area (Å²) in [6.45, 7) is 1.83. The van der Waals surface area contributed by atoms with Gasteiger partial charge in [0.1, 0.15) is 6.04 Å². The molecule has 2 amide bonds. The van der Waals surface area contributed by atoms with Crippen LogP contribution < -0.4 is 10.2 Å². The third kappa shape index (κ3) is 4.37. The van der Waals surface area contributed by atoms with Gasteiger partial charge in [0.05, 0.1) is 23.8 Å². The first-order valence-corrected chi connectivity index (χ1v) is 11.3. The number of aromatic nitrogens is 4. The van der Waals surface area contributed by atoms with E-state index >= 15 is 0 Å². The van der Waals surface area contributed by atoms with Crippen LogP contribution in [0, 0.1) is 0 Å². The Bertz CT molecular complexity index is 1250. The van der Waals surface area contributed by atoms with Crippen molar-refractivity contribution >= 4 is 28.8 Å². The Labute approximate surface area is 191 Å². The lowest BCUT2D eigenvalue weighted by atomic mass is 10.1. The highest BCUT2D eigenvalue weighted by Crippen LogP contribution is 2.36. The van der Waals surface area contributed by atoms with E-state index in [0.717, 1.165) is 30.4 Å². The van der Waals surface area contributed by atoms with Crippen LogP contribution >= 0.6 is 0 Å². The maximum Gasteiger partial charge on any atom is 0.253 e. The Hall–Kier alpha value is -3.94. The molecule has 0 saturated heterocycles. The van der Waals surface area contributed by atoms with Crippen molar-refractivity contribution in [2.75, 3.05) is 18.0 Å². The normalized spacial score (nSPS) is 15.2. The second-order valence-corrected chi connectivity index (χ2v) is 8.22. The van der Waals surface area contributed by atoms with Gasteiger partial charge in [-0.1, -0.05) is 42.5 Å². The van der Waals surface area contributed by atoms with Crippen molar-refractivity contribution < 1.29 is 9.59 Å². The van der Waals surface area contributed by atoms with E-state index in [0.29, 0.717) is 19.0 Å². The summed E-state index contributed by atoms with van der Waals surface area (Å²) >= 11 is 0. The van der Waals surface area contributed by atoms with Crippen molar-refractivity contribution in [1.82, 2.24) is 24.4 Å². The first kappa shape index (κ1) is 20.9. The lowest BCUT2D eigenvalue weighted by Gasteiger charge is -2.16. The molecule has 8 nitrogen and oxygen atoms in total. The second kappa shape index (κ2) is 9.28. The fraction of sp³-hybridized carbons (Fsp3) is 0.280. The zero-order valence-corrected chi connectivity index (χ0v) is 18.3. The minimum absolute atomic E-state index is 0.0768. The number of amides is 2. The van der Waals surface area contributed by atoms with Gasteiger partial charge in [0.15, 0.2) is 0 Å². The average molecular weight is 443 g/mol. The molecule has 0 aliphatic carbocycles. The molecular weight excluding hydrogens is 416 g/mol. The molecule has 1 N–H and O–H groups in total. The molecule has 1 aliphatic rings. The van der Waals surface area contributed by atoms with E-state index in [9.17, 15) is 9.59 Å². The van der Waals surface area contributed by atoms with Crippen LogP contribution in [0.15, 0.2) is 73.3 Å². The number of hydrogen-bond donors (Lipinski definition) is 1. The molecular formula is C25H26N6O2. The third-order valence-corrected chi connectivity index (χ3v) is 6.00. The number of imidazole rings is 2. The molecule has 0 fully saturated rings. The van der Waals surface area contributed by atoms with Gasteiger partial charge in [-0.3, -0.25) is 19.1 Å². The van der Waals surface area contributed by atoms with E-state index in [1.807, 2.05) is 69.9 Å². The molecule has 1 aliphatic heterocycles. The summed E-state index contributed by atoms with van der Waals surface area (Å²) in [6, 6.07) is 17.2. The minimum Gasteiger partial charge on any atom is -0.356 e. The minimum atomic E-state index is -0.586. The maximum atomic E-state index is 13.4. The Kier molecular flexibility index (Phi) is 5.89. The number of benzene rings is 2. The van der Waals surface area contributed by atoms with Crippen molar-refractivity contribution in [3.8, 4) is 0 Å². The molecule has 5 rings (SSSR count). The Morgan fingerprint density at radius 2 is 1.85 bits per heavy atom. The second-order valence-electron chi connectivity index (χ2n) is 8.22. The number of rotatable bonds is 9. The number of fused-ring (bicyclic) bond motifs is 3. The fourth-order valence-corrected chi connectivity index (χ4v) is 4.38. The molecule has 168 valence electrons. The molecule has 0 saturated carbocycles.